The fraction of sp³-hybridized carbons (Fsp3) is 0. The predicted molar refractivity (Wildman–Crippen MR) is 71.7 cm³/mol. The summed E-state index contributed by atoms with van der Waals surface area (Å²) in [5, 5.41) is 9.01. The summed E-state index contributed by atoms with van der Waals surface area (Å²) in [4.78, 5) is 12.0. The maximum atomic E-state index is 11.0. The van der Waals surface area contributed by atoms with Gasteiger partial charge in [0.1, 0.15) is 0 Å². The topological polar surface area (TPSA) is 37.3 Å². The van der Waals surface area contributed by atoms with Crippen LogP contribution in [0.5, 0.6) is 0 Å². The van der Waals surface area contributed by atoms with Crippen molar-refractivity contribution < 1.29 is 9.90 Å². The number of carboxylic acids is 1. The third kappa shape index (κ3) is 2.96. The van der Waals surface area contributed by atoms with E-state index in [4.69, 9.17) is 16.7 Å². The van der Waals surface area contributed by atoms with Crippen LogP contribution in [0.4, 0.5) is 0 Å². The van der Waals surface area contributed by atoms with Crippen molar-refractivity contribution in [3.8, 4) is 0 Å². The number of aromatic carboxylic acids is 1. The Hall–Kier alpha value is -1.58. The Balaban J connectivity index is 2.30. The first-order valence-electron chi connectivity index (χ1n) is 4.92. The lowest BCUT2D eigenvalue weighted by atomic mass is 10.1. The van der Waals surface area contributed by atoms with Crippen molar-refractivity contribution in [1.82, 2.24) is 0 Å². The lowest BCUT2D eigenvalue weighted by Gasteiger charge is -1.99. The number of rotatable bonds is 3. The van der Waals surface area contributed by atoms with E-state index in [0.717, 1.165) is 9.21 Å². The van der Waals surface area contributed by atoms with Crippen LogP contribution in [0.25, 0.3) is 12.2 Å². The average molecular weight is 265 g/mol. The summed E-state index contributed by atoms with van der Waals surface area (Å²) in [6, 6.07) is 10.6. The second kappa shape index (κ2) is 5.17. The Morgan fingerprint density at radius 3 is 2.59 bits per heavy atom. The van der Waals surface area contributed by atoms with Gasteiger partial charge in [0, 0.05) is 4.88 Å². The molecule has 0 atom stereocenters. The highest BCUT2D eigenvalue weighted by Gasteiger charge is 2.05. The van der Waals surface area contributed by atoms with E-state index in [1.165, 1.54) is 11.3 Å². The molecular weight excluding hydrogens is 256 g/mol. The normalized spacial score (nSPS) is 10.9. The summed E-state index contributed by atoms with van der Waals surface area (Å²) >= 11 is 7.27. The van der Waals surface area contributed by atoms with E-state index in [-0.39, 0.29) is 0 Å². The SMILES string of the molecule is O=C(O)c1ccccc1C=Cc1ccc(Cl)s1. The van der Waals surface area contributed by atoms with Gasteiger partial charge in [0.2, 0.25) is 0 Å². The molecule has 0 saturated carbocycles. The zero-order valence-electron chi connectivity index (χ0n) is 8.76. The summed E-state index contributed by atoms with van der Waals surface area (Å²) in [6.45, 7) is 0. The van der Waals surface area contributed by atoms with Crippen LogP contribution in [0.15, 0.2) is 36.4 Å². The lowest BCUT2D eigenvalue weighted by Crippen LogP contribution is -1.98. The fourth-order valence-electron chi connectivity index (χ4n) is 1.43. The molecule has 0 bridgehead atoms. The molecule has 1 N–H and O–H groups in total. The zero-order valence-corrected chi connectivity index (χ0v) is 10.3. The molecule has 17 heavy (non-hydrogen) atoms. The minimum Gasteiger partial charge on any atom is -0.478 e. The molecule has 0 aliphatic carbocycles. The van der Waals surface area contributed by atoms with Crippen LogP contribution in [0.3, 0.4) is 0 Å². The lowest BCUT2D eigenvalue weighted by molar-refractivity contribution is 0.0696. The van der Waals surface area contributed by atoms with Crippen LogP contribution in [0.1, 0.15) is 20.8 Å². The van der Waals surface area contributed by atoms with Gasteiger partial charge in [-0.2, -0.15) is 0 Å². The van der Waals surface area contributed by atoms with Crippen LogP contribution in [0.2, 0.25) is 4.34 Å². The van der Waals surface area contributed by atoms with E-state index in [9.17, 15) is 4.79 Å². The Morgan fingerprint density at radius 1 is 1.18 bits per heavy atom. The van der Waals surface area contributed by atoms with Gasteiger partial charge in [-0.1, -0.05) is 35.9 Å². The Kier molecular flexibility index (Phi) is 3.61. The van der Waals surface area contributed by atoms with Gasteiger partial charge in [-0.25, -0.2) is 4.79 Å². The molecule has 0 amide bonds. The summed E-state index contributed by atoms with van der Waals surface area (Å²) < 4.78 is 0.719. The largest absolute Gasteiger partial charge is 0.478 e. The quantitative estimate of drug-likeness (QED) is 0.899. The van der Waals surface area contributed by atoms with E-state index in [2.05, 4.69) is 0 Å². The number of hydrogen-bond donors (Lipinski definition) is 1. The van der Waals surface area contributed by atoms with Crippen molar-refractivity contribution in [2.24, 2.45) is 0 Å². The van der Waals surface area contributed by atoms with Gasteiger partial charge in [-0.3, -0.25) is 0 Å². The van der Waals surface area contributed by atoms with Crippen molar-refractivity contribution >= 4 is 41.1 Å². The van der Waals surface area contributed by atoms with Gasteiger partial charge in [-0.05, 0) is 29.8 Å². The summed E-state index contributed by atoms with van der Waals surface area (Å²) in [5.74, 6) is -0.922. The van der Waals surface area contributed by atoms with E-state index < -0.39 is 5.97 Å². The third-order valence-corrected chi connectivity index (χ3v) is 3.41. The van der Waals surface area contributed by atoms with Gasteiger partial charge in [0.25, 0.3) is 0 Å². The molecule has 0 aliphatic heterocycles. The molecule has 0 unspecified atom stereocenters. The van der Waals surface area contributed by atoms with Crippen molar-refractivity contribution in [2.45, 2.75) is 0 Å². The van der Waals surface area contributed by atoms with E-state index in [0.29, 0.717) is 11.1 Å². The van der Waals surface area contributed by atoms with Gasteiger partial charge < -0.3 is 5.11 Å². The van der Waals surface area contributed by atoms with Crippen LogP contribution in [0, 0.1) is 0 Å². The van der Waals surface area contributed by atoms with Crippen molar-refractivity contribution in [3.05, 3.63) is 56.7 Å². The summed E-state index contributed by atoms with van der Waals surface area (Å²) in [7, 11) is 0. The average Bonchev–Trinajstić information content (AvgIpc) is 2.73. The molecule has 0 spiro atoms. The number of benzene rings is 1. The highest BCUT2D eigenvalue weighted by Crippen LogP contribution is 2.23. The highest BCUT2D eigenvalue weighted by molar-refractivity contribution is 7.17. The molecule has 86 valence electrons. The van der Waals surface area contributed by atoms with E-state index in [1.807, 2.05) is 24.3 Å². The number of halogens is 1. The van der Waals surface area contributed by atoms with Crippen LogP contribution in [-0.2, 0) is 0 Å². The maximum absolute atomic E-state index is 11.0. The molecule has 2 aromatic rings. The van der Waals surface area contributed by atoms with Crippen molar-refractivity contribution in [3.63, 3.8) is 0 Å². The minimum atomic E-state index is -0.922. The first kappa shape index (κ1) is 11.9. The smallest absolute Gasteiger partial charge is 0.336 e. The minimum absolute atomic E-state index is 0.298. The highest BCUT2D eigenvalue weighted by atomic mass is 35.5. The van der Waals surface area contributed by atoms with Gasteiger partial charge in [-0.15, -0.1) is 11.3 Å². The molecular formula is C13H9ClO2S. The van der Waals surface area contributed by atoms with Crippen LogP contribution < -0.4 is 0 Å². The second-order valence-corrected chi connectivity index (χ2v) is 5.11. The molecule has 2 rings (SSSR count). The molecule has 0 saturated heterocycles. The monoisotopic (exact) mass is 264 g/mol. The van der Waals surface area contributed by atoms with Crippen molar-refractivity contribution in [1.29, 1.82) is 0 Å². The number of hydrogen-bond acceptors (Lipinski definition) is 2. The maximum Gasteiger partial charge on any atom is 0.336 e. The number of carboxylic acid groups (broad SMARTS) is 1. The third-order valence-electron chi connectivity index (χ3n) is 2.21. The van der Waals surface area contributed by atoms with Crippen LogP contribution in [-0.4, -0.2) is 11.1 Å². The molecule has 1 heterocycles. The molecule has 1 aromatic carbocycles. The van der Waals surface area contributed by atoms with Gasteiger partial charge >= 0.3 is 5.97 Å². The molecule has 0 radical (unpaired) electrons. The first-order chi connectivity index (χ1) is 8.16. The fourth-order valence-corrected chi connectivity index (χ4v) is 2.39. The number of thiophene rings is 1. The standard InChI is InChI=1S/C13H9ClO2S/c14-12-8-7-10(17-12)6-5-9-3-1-2-4-11(9)13(15)16/h1-8H,(H,15,16). The van der Waals surface area contributed by atoms with Gasteiger partial charge in [0.15, 0.2) is 0 Å². The Labute approximate surface area is 108 Å². The summed E-state index contributed by atoms with van der Waals surface area (Å²) in [5.41, 5.74) is 0.982. The number of carbonyl (C=O) groups is 1. The van der Waals surface area contributed by atoms with Crippen LogP contribution >= 0.6 is 22.9 Å². The van der Waals surface area contributed by atoms with Crippen molar-refractivity contribution in [2.75, 3.05) is 0 Å². The Bertz CT molecular complexity index is 572. The molecule has 2 nitrogen and oxygen atoms in total. The van der Waals surface area contributed by atoms with Gasteiger partial charge in [0.05, 0.1) is 9.90 Å². The van der Waals surface area contributed by atoms with E-state index >= 15 is 0 Å². The molecule has 1 aromatic heterocycles. The molecule has 0 fully saturated rings. The predicted octanol–water partition coefficient (Wildman–Crippen LogP) is 4.27. The summed E-state index contributed by atoms with van der Waals surface area (Å²) in [6.07, 6.45) is 3.64. The molecule has 0 aliphatic rings. The first-order valence-corrected chi connectivity index (χ1v) is 6.12. The second-order valence-electron chi connectivity index (χ2n) is 3.37. The Morgan fingerprint density at radius 2 is 1.94 bits per heavy atom. The molecule has 4 heteroatoms. The zero-order chi connectivity index (χ0) is 12.3. The van der Waals surface area contributed by atoms with E-state index in [1.54, 1.807) is 24.3 Å².